The molecule has 1 saturated heterocycles. The van der Waals surface area contributed by atoms with Crippen molar-refractivity contribution in [2.75, 3.05) is 26.4 Å². The molecule has 0 aliphatic carbocycles. The van der Waals surface area contributed by atoms with E-state index in [9.17, 15) is 5.11 Å². The second kappa shape index (κ2) is 7.10. The fourth-order valence-corrected chi connectivity index (χ4v) is 2.31. The maximum absolute atomic E-state index is 9.19. The fraction of sp³-hybridized carbons (Fsp3) is 0.571. The van der Waals surface area contributed by atoms with Gasteiger partial charge in [-0.3, -0.25) is 0 Å². The van der Waals surface area contributed by atoms with E-state index in [1.807, 2.05) is 12.1 Å². The Hall–Kier alpha value is -0.810. The van der Waals surface area contributed by atoms with Gasteiger partial charge in [0.1, 0.15) is 12.4 Å². The first kappa shape index (κ1) is 14.6. The lowest BCUT2D eigenvalue weighted by molar-refractivity contribution is 0.122. The van der Waals surface area contributed by atoms with Crippen molar-refractivity contribution in [1.29, 1.82) is 0 Å². The van der Waals surface area contributed by atoms with E-state index in [1.165, 1.54) is 0 Å². The number of nitrogens with one attached hydrogen (secondary N) is 1. The van der Waals surface area contributed by atoms with E-state index in [0.717, 1.165) is 25.1 Å². The molecule has 1 aromatic rings. The molecule has 4 nitrogen and oxygen atoms in total. The third kappa shape index (κ3) is 4.35. The van der Waals surface area contributed by atoms with Crippen LogP contribution >= 0.6 is 11.6 Å². The average Bonchev–Trinajstić information content (AvgIpc) is 2.65. The maximum atomic E-state index is 9.19. The number of hydrogen-bond donors (Lipinski definition) is 2. The zero-order valence-electron chi connectivity index (χ0n) is 11.1. The highest BCUT2D eigenvalue weighted by molar-refractivity contribution is 6.31. The molecule has 5 heteroatoms. The van der Waals surface area contributed by atoms with Crippen molar-refractivity contribution >= 4 is 11.6 Å². The molecular weight excluding hydrogens is 266 g/mol. The molecule has 106 valence electrons. The molecule has 1 aromatic carbocycles. The average molecular weight is 286 g/mol. The summed E-state index contributed by atoms with van der Waals surface area (Å²) >= 11 is 6.29. The van der Waals surface area contributed by atoms with E-state index < -0.39 is 6.10 Å². The van der Waals surface area contributed by atoms with Crippen LogP contribution in [0.4, 0.5) is 0 Å². The summed E-state index contributed by atoms with van der Waals surface area (Å²) in [6.07, 6.45) is 0.527. The Labute approximate surface area is 118 Å². The zero-order valence-corrected chi connectivity index (χ0v) is 11.8. The van der Waals surface area contributed by atoms with Crippen LogP contribution in [-0.2, 0) is 4.74 Å². The molecule has 1 aliphatic rings. The largest absolute Gasteiger partial charge is 0.491 e. The van der Waals surface area contributed by atoms with Gasteiger partial charge in [-0.05, 0) is 37.6 Å². The summed E-state index contributed by atoms with van der Waals surface area (Å²) in [5, 5.41) is 13.3. The van der Waals surface area contributed by atoms with Crippen LogP contribution in [0.15, 0.2) is 18.2 Å². The monoisotopic (exact) mass is 285 g/mol. The predicted octanol–water partition coefficient (Wildman–Crippen LogP) is 2.15. The molecular formula is C14H20ClNO3. The maximum Gasteiger partial charge on any atom is 0.120 e. The molecule has 1 aliphatic heterocycles. The first-order valence-electron chi connectivity index (χ1n) is 6.58. The Morgan fingerprint density at radius 1 is 1.58 bits per heavy atom. The Kier molecular flexibility index (Phi) is 5.45. The SMILES string of the molecule is C[C@@H](O)COc1ccc(C2COCCCN2)c(Cl)c1. The first-order chi connectivity index (χ1) is 9.16. The van der Waals surface area contributed by atoms with Gasteiger partial charge in [0, 0.05) is 11.6 Å². The summed E-state index contributed by atoms with van der Waals surface area (Å²) in [6.45, 7) is 4.30. The molecule has 2 atom stereocenters. The van der Waals surface area contributed by atoms with Crippen molar-refractivity contribution in [3.8, 4) is 5.75 Å². The zero-order chi connectivity index (χ0) is 13.7. The fourth-order valence-electron chi connectivity index (χ4n) is 2.01. The van der Waals surface area contributed by atoms with Gasteiger partial charge in [0.15, 0.2) is 0 Å². The van der Waals surface area contributed by atoms with Crippen LogP contribution in [0.5, 0.6) is 5.75 Å². The van der Waals surface area contributed by atoms with Crippen LogP contribution in [0.1, 0.15) is 24.9 Å². The highest BCUT2D eigenvalue weighted by Gasteiger charge is 2.17. The predicted molar refractivity (Wildman–Crippen MR) is 74.8 cm³/mol. The van der Waals surface area contributed by atoms with Crippen LogP contribution in [0.3, 0.4) is 0 Å². The molecule has 19 heavy (non-hydrogen) atoms. The summed E-state index contributed by atoms with van der Waals surface area (Å²) in [5.74, 6) is 0.671. The normalized spacial score (nSPS) is 21.7. The van der Waals surface area contributed by atoms with Crippen molar-refractivity contribution in [1.82, 2.24) is 5.32 Å². The molecule has 0 saturated carbocycles. The van der Waals surface area contributed by atoms with Gasteiger partial charge in [0.25, 0.3) is 0 Å². The Morgan fingerprint density at radius 2 is 2.42 bits per heavy atom. The third-order valence-corrected chi connectivity index (χ3v) is 3.31. The first-order valence-corrected chi connectivity index (χ1v) is 6.96. The Bertz CT molecular complexity index is 404. The van der Waals surface area contributed by atoms with E-state index in [0.29, 0.717) is 17.4 Å². The smallest absolute Gasteiger partial charge is 0.120 e. The van der Waals surface area contributed by atoms with Crippen molar-refractivity contribution in [3.63, 3.8) is 0 Å². The molecule has 0 amide bonds. The van der Waals surface area contributed by atoms with Crippen LogP contribution in [0.25, 0.3) is 0 Å². The van der Waals surface area contributed by atoms with Gasteiger partial charge >= 0.3 is 0 Å². The number of aliphatic hydroxyl groups is 1. The topological polar surface area (TPSA) is 50.7 Å². The molecule has 2 rings (SSSR count). The highest BCUT2D eigenvalue weighted by Crippen LogP contribution is 2.28. The molecule has 1 unspecified atom stereocenters. The standard InChI is InChI=1S/C14H20ClNO3/c1-10(17)8-19-11-3-4-12(13(15)7-11)14-9-18-6-2-5-16-14/h3-4,7,10,14,16-17H,2,5-6,8-9H2,1H3/t10-,14?/m1/s1. The molecule has 1 heterocycles. The van der Waals surface area contributed by atoms with Crippen LogP contribution in [0.2, 0.25) is 5.02 Å². The molecule has 1 fully saturated rings. The van der Waals surface area contributed by atoms with Gasteiger partial charge < -0.3 is 19.9 Å². The number of ether oxygens (including phenoxy) is 2. The van der Waals surface area contributed by atoms with Crippen molar-refractivity contribution in [2.24, 2.45) is 0 Å². The van der Waals surface area contributed by atoms with Crippen molar-refractivity contribution < 1.29 is 14.6 Å². The van der Waals surface area contributed by atoms with Crippen LogP contribution in [0, 0.1) is 0 Å². The number of benzene rings is 1. The molecule has 0 aromatic heterocycles. The summed E-state index contributed by atoms with van der Waals surface area (Å²) in [5.41, 5.74) is 1.02. The third-order valence-electron chi connectivity index (χ3n) is 2.98. The Morgan fingerprint density at radius 3 is 3.16 bits per heavy atom. The number of aliphatic hydroxyl groups excluding tert-OH is 1. The number of hydrogen-bond acceptors (Lipinski definition) is 4. The second-order valence-electron chi connectivity index (χ2n) is 4.78. The van der Waals surface area contributed by atoms with Gasteiger partial charge in [-0.2, -0.15) is 0 Å². The minimum atomic E-state index is -0.490. The lowest BCUT2D eigenvalue weighted by Gasteiger charge is -2.18. The van der Waals surface area contributed by atoms with Crippen LogP contribution in [-0.4, -0.2) is 37.6 Å². The van der Waals surface area contributed by atoms with Gasteiger partial charge in [0.05, 0.1) is 18.8 Å². The summed E-state index contributed by atoms with van der Waals surface area (Å²) in [6, 6.07) is 5.73. The quantitative estimate of drug-likeness (QED) is 0.890. The second-order valence-corrected chi connectivity index (χ2v) is 5.19. The molecule has 2 N–H and O–H groups in total. The van der Waals surface area contributed by atoms with Gasteiger partial charge in [0.2, 0.25) is 0 Å². The van der Waals surface area contributed by atoms with Gasteiger partial charge in [-0.15, -0.1) is 0 Å². The van der Waals surface area contributed by atoms with E-state index in [2.05, 4.69) is 5.32 Å². The summed E-state index contributed by atoms with van der Waals surface area (Å²) < 4.78 is 11.0. The van der Waals surface area contributed by atoms with Gasteiger partial charge in [-0.1, -0.05) is 17.7 Å². The van der Waals surface area contributed by atoms with E-state index in [1.54, 1.807) is 13.0 Å². The minimum absolute atomic E-state index is 0.126. The molecule has 0 radical (unpaired) electrons. The number of halogens is 1. The van der Waals surface area contributed by atoms with E-state index >= 15 is 0 Å². The van der Waals surface area contributed by atoms with E-state index in [4.69, 9.17) is 21.1 Å². The van der Waals surface area contributed by atoms with E-state index in [-0.39, 0.29) is 12.6 Å². The molecule has 0 bridgehead atoms. The lowest BCUT2D eigenvalue weighted by atomic mass is 10.1. The summed E-state index contributed by atoms with van der Waals surface area (Å²) in [7, 11) is 0. The molecule has 0 spiro atoms. The highest BCUT2D eigenvalue weighted by atomic mass is 35.5. The van der Waals surface area contributed by atoms with Crippen LogP contribution < -0.4 is 10.1 Å². The van der Waals surface area contributed by atoms with Crippen molar-refractivity contribution in [2.45, 2.75) is 25.5 Å². The lowest BCUT2D eigenvalue weighted by Crippen LogP contribution is -2.23. The minimum Gasteiger partial charge on any atom is -0.491 e. The number of rotatable bonds is 4. The summed E-state index contributed by atoms with van der Waals surface area (Å²) in [4.78, 5) is 0. The van der Waals surface area contributed by atoms with Crippen molar-refractivity contribution in [3.05, 3.63) is 28.8 Å². The van der Waals surface area contributed by atoms with Gasteiger partial charge in [-0.25, -0.2) is 0 Å². The Balaban J connectivity index is 2.05.